The summed E-state index contributed by atoms with van der Waals surface area (Å²) in [5.74, 6) is 2.27. The molecule has 0 aliphatic carbocycles. The highest BCUT2D eigenvalue weighted by molar-refractivity contribution is 14.0. The van der Waals surface area contributed by atoms with Crippen LogP contribution in [-0.2, 0) is 6.54 Å². The molecule has 0 amide bonds. The predicted octanol–water partition coefficient (Wildman–Crippen LogP) is 2.79. The van der Waals surface area contributed by atoms with Crippen molar-refractivity contribution in [1.82, 2.24) is 10.6 Å². The van der Waals surface area contributed by atoms with Crippen LogP contribution < -0.4 is 20.1 Å². The molecule has 0 bridgehead atoms. The van der Waals surface area contributed by atoms with Gasteiger partial charge in [0.15, 0.2) is 17.5 Å². The molecule has 0 aromatic heterocycles. The molecule has 0 atom stereocenters. The highest BCUT2D eigenvalue weighted by Gasteiger charge is 2.05. The van der Waals surface area contributed by atoms with Crippen LogP contribution in [0.5, 0.6) is 11.5 Å². The number of hydrogen-bond donors (Lipinski definition) is 2. The highest BCUT2D eigenvalue weighted by atomic mass is 127. The molecule has 5 nitrogen and oxygen atoms in total. The van der Waals surface area contributed by atoms with Crippen molar-refractivity contribution in [2.45, 2.75) is 33.4 Å². The number of methoxy groups -OCH3 is 2. The smallest absolute Gasteiger partial charge is 0.191 e. The summed E-state index contributed by atoms with van der Waals surface area (Å²) in [6, 6.07) is 6.18. The van der Waals surface area contributed by atoms with Gasteiger partial charge in [0.2, 0.25) is 0 Å². The van der Waals surface area contributed by atoms with Gasteiger partial charge >= 0.3 is 0 Å². The highest BCUT2D eigenvalue weighted by Crippen LogP contribution is 2.27. The minimum Gasteiger partial charge on any atom is -0.493 e. The molecule has 120 valence electrons. The Kier molecular flexibility index (Phi) is 9.94. The summed E-state index contributed by atoms with van der Waals surface area (Å²) in [4.78, 5) is 4.55. The average molecular weight is 407 g/mol. The molecule has 0 heterocycles. The first-order valence-electron chi connectivity index (χ1n) is 6.86. The molecule has 1 rings (SSSR count). The van der Waals surface area contributed by atoms with Crippen molar-refractivity contribution < 1.29 is 9.47 Å². The Bertz CT molecular complexity index is 451. The Morgan fingerprint density at radius 2 is 1.86 bits per heavy atom. The second-order valence-electron chi connectivity index (χ2n) is 4.68. The van der Waals surface area contributed by atoms with Gasteiger partial charge in [0, 0.05) is 12.6 Å². The third-order valence-corrected chi connectivity index (χ3v) is 2.64. The molecule has 0 aliphatic rings. The van der Waals surface area contributed by atoms with E-state index in [2.05, 4.69) is 29.5 Å². The van der Waals surface area contributed by atoms with Crippen molar-refractivity contribution >= 4 is 29.9 Å². The maximum atomic E-state index is 5.29. The number of hydrogen-bond acceptors (Lipinski definition) is 3. The standard InChI is InChI=1S/C15H25N3O2.HI/c1-6-16-15(18-11(2)3)17-10-12-7-8-13(19-4)14(9-12)20-5;/h7-9,11H,6,10H2,1-5H3,(H2,16,17,18);1H. The molecule has 0 unspecified atom stereocenters. The van der Waals surface area contributed by atoms with Gasteiger partial charge in [0.1, 0.15) is 0 Å². The predicted molar refractivity (Wildman–Crippen MR) is 98.0 cm³/mol. The lowest BCUT2D eigenvalue weighted by molar-refractivity contribution is 0.354. The number of nitrogens with zero attached hydrogens (tertiary/aromatic N) is 1. The fourth-order valence-electron chi connectivity index (χ4n) is 1.74. The van der Waals surface area contributed by atoms with E-state index in [0.717, 1.165) is 29.6 Å². The van der Waals surface area contributed by atoms with E-state index in [9.17, 15) is 0 Å². The molecule has 0 fully saturated rings. The van der Waals surface area contributed by atoms with Crippen LogP contribution in [0.4, 0.5) is 0 Å². The Balaban J connectivity index is 0.00000400. The number of rotatable bonds is 6. The van der Waals surface area contributed by atoms with Gasteiger partial charge in [-0.1, -0.05) is 6.07 Å². The summed E-state index contributed by atoms with van der Waals surface area (Å²) >= 11 is 0. The van der Waals surface area contributed by atoms with Gasteiger partial charge in [0.25, 0.3) is 0 Å². The van der Waals surface area contributed by atoms with Crippen LogP contribution in [0.15, 0.2) is 23.2 Å². The van der Waals surface area contributed by atoms with E-state index in [1.165, 1.54) is 0 Å². The van der Waals surface area contributed by atoms with E-state index in [4.69, 9.17) is 9.47 Å². The lowest BCUT2D eigenvalue weighted by Gasteiger charge is -2.14. The van der Waals surface area contributed by atoms with Crippen molar-refractivity contribution in [3.63, 3.8) is 0 Å². The average Bonchev–Trinajstić information content (AvgIpc) is 2.44. The summed E-state index contributed by atoms with van der Waals surface area (Å²) in [7, 11) is 3.26. The minimum absolute atomic E-state index is 0. The normalized spacial score (nSPS) is 10.9. The van der Waals surface area contributed by atoms with Crippen molar-refractivity contribution in [3.05, 3.63) is 23.8 Å². The van der Waals surface area contributed by atoms with Gasteiger partial charge in [0.05, 0.1) is 20.8 Å². The molecule has 2 N–H and O–H groups in total. The van der Waals surface area contributed by atoms with Crippen molar-refractivity contribution in [2.24, 2.45) is 4.99 Å². The maximum absolute atomic E-state index is 5.29. The minimum atomic E-state index is 0. The SMILES string of the molecule is CCNC(=NCc1ccc(OC)c(OC)c1)NC(C)C.I. The zero-order valence-electron chi connectivity index (χ0n) is 13.4. The van der Waals surface area contributed by atoms with Crippen molar-refractivity contribution in [1.29, 1.82) is 0 Å². The largest absolute Gasteiger partial charge is 0.493 e. The maximum Gasteiger partial charge on any atom is 0.191 e. The molecule has 0 aliphatic heterocycles. The third kappa shape index (κ3) is 6.88. The van der Waals surface area contributed by atoms with E-state index in [-0.39, 0.29) is 24.0 Å². The Morgan fingerprint density at radius 3 is 2.38 bits per heavy atom. The van der Waals surface area contributed by atoms with E-state index >= 15 is 0 Å². The molecule has 0 saturated carbocycles. The fraction of sp³-hybridized carbons (Fsp3) is 0.533. The van der Waals surface area contributed by atoms with Crippen molar-refractivity contribution in [2.75, 3.05) is 20.8 Å². The molecule has 0 spiro atoms. The molecular weight excluding hydrogens is 381 g/mol. The Labute approximate surface area is 144 Å². The second-order valence-corrected chi connectivity index (χ2v) is 4.68. The topological polar surface area (TPSA) is 54.9 Å². The monoisotopic (exact) mass is 407 g/mol. The number of nitrogens with one attached hydrogen (secondary N) is 2. The van der Waals surface area contributed by atoms with Gasteiger partial charge in [-0.05, 0) is 38.5 Å². The Morgan fingerprint density at radius 1 is 1.19 bits per heavy atom. The number of benzene rings is 1. The lowest BCUT2D eigenvalue weighted by Crippen LogP contribution is -2.40. The zero-order chi connectivity index (χ0) is 15.0. The van der Waals surface area contributed by atoms with Crippen LogP contribution in [0.3, 0.4) is 0 Å². The zero-order valence-corrected chi connectivity index (χ0v) is 15.7. The molecule has 1 aromatic carbocycles. The summed E-state index contributed by atoms with van der Waals surface area (Å²) in [5.41, 5.74) is 1.07. The van der Waals surface area contributed by atoms with E-state index in [0.29, 0.717) is 12.6 Å². The van der Waals surface area contributed by atoms with E-state index in [1.807, 2.05) is 25.1 Å². The number of halogens is 1. The number of ether oxygens (including phenoxy) is 2. The van der Waals surface area contributed by atoms with Crippen LogP contribution >= 0.6 is 24.0 Å². The molecular formula is C15H26IN3O2. The van der Waals surface area contributed by atoms with Crippen LogP contribution in [0.1, 0.15) is 26.3 Å². The summed E-state index contributed by atoms with van der Waals surface area (Å²) < 4.78 is 10.5. The van der Waals surface area contributed by atoms with Crippen molar-refractivity contribution in [3.8, 4) is 11.5 Å². The molecule has 6 heteroatoms. The number of guanidine groups is 1. The first-order valence-corrected chi connectivity index (χ1v) is 6.86. The van der Waals surface area contributed by atoms with Crippen LogP contribution in [0.25, 0.3) is 0 Å². The Hall–Kier alpha value is -1.18. The lowest BCUT2D eigenvalue weighted by atomic mass is 10.2. The van der Waals surface area contributed by atoms with Crippen LogP contribution in [0, 0.1) is 0 Å². The quantitative estimate of drug-likeness (QED) is 0.433. The van der Waals surface area contributed by atoms with E-state index in [1.54, 1.807) is 14.2 Å². The van der Waals surface area contributed by atoms with Crippen LogP contribution in [0.2, 0.25) is 0 Å². The van der Waals surface area contributed by atoms with Gasteiger partial charge < -0.3 is 20.1 Å². The van der Waals surface area contributed by atoms with Gasteiger partial charge in [-0.2, -0.15) is 0 Å². The molecule has 1 aromatic rings. The molecule has 0 radical (unpaired) electrons. The van der Waals surface area contributed by atoms with Crippen LogP contribution in [-0.4, -0.2) is 32.8 Å². The van der Waals surface area contributed by atoms with Gasteiger partial charge in [-0.25, -0.2) is 4.99 Å². The second kappa shape index (κ2) is 10.5. The van der Waals surface area contributed by atoms with E-state index < -0.39 is 0 Å². The molecule has 0 saturated heterocycles. The summed E-state index contributed by atoms with van der Waals surface area (Å²) in [6.45, 7) is 7.65. The first-order chi connectivity index (χ1) is 9.60. The summed E-state index contributed by atoms with van der Waals surface area (Å²) in [5, 5.41) is 6.50. The van der Waals surface area contributed by atoms with Gasteiger partial charge in [-0.15, -0.1) is 24.0 Å². The first kappa shape index (κ1) is 19.8. The summed E-state index contributed by atoms with van der Waals surface area (Å²) in [6.07, 6.45) is 0. The third-order valence-electron chi connectivity index (χ3n) is 2.64. The fourth-order valence-corrected chi connectivity index (χ4v) is 1.74. The van der Waals surface area contributed by atoms with Gasteiger partial charge in [-0.3, -0.25) is 0 Å². The number of aliphatic imine (C=N–C) groups is 1. The molecule has 21 heavy (non-hydrogen) atoms.